The van der Waals surface area contributed by atoms with Gasteiger partial charge in [0, 0.05) is 36.0 Å². The van der Waals surface area contributed by atoms with E-state index in [0.29, 0.717) is 24.6 Å². The maximum absolute atomic E-state index is 11.9. The Bertz CT molecular complexity index is 675. The van der Waals surface area contributed by atoms with Gasteiger partial charge in [0.25, 0.3) is 0 Å². The highest BCUT2D eigenvalue weighted by molar-refractivity contribution is 9.10. The molecule has 2 heterocycles. The van der Waals surface area contributed by atoms with Crippen LogP contribution in [0.2, 0.25) is 0 Å². The molecular formula is C16H15BrN2O3. The predicted octanol–water partition coefficient (Wildman–Crippen LogP) is 2.98. The van der Waals surface area contributed by atoms with Crippen molar-refractivity contribution in [1.29, 1.82) is 0 Å². The van der Waals surface area contributed by atoms with Crippen molar-refractivity contribution >= 4 is 27.5 Å². The summed E-state index contributed by atoms with van der Waals surface area (Å²) in [7, 11) is 0. The number of nitrogens with zero attached hydrogens (tertiary/aromatic N) is 2. The fourth-order valence-corrected chi connectivity index (χ4v) is 2.78. The third kappa shape index (κ3) is 3.28. The van der Waals surface area contributed by atoms with Gasteiger partial charge in [-0.1, -0.05) is 22.0 Å². The molecule has 1 atom stereocenters. The van der Waals surface area contributed by atoms with Crippen LogP contribution in [0.1, 0.15) is 6.42 Å². The number of anilines is 1. The molecule has 1 unspecified atom stereocenters. The highest BCUT2D eigenvalue weighted by Gasteiger charge is 2.30. The van der Waals surface area contributed by atoms with Crippen molar-refractivity contribution in [3.8, 4) is 11.6 Å². The van der Waals surface area contributed by atoms with Gasteiger partial charge >= 0.3 is 0 Å². The van der Waals surface area contributed by atoms with E-state index in [4.69, 9.17) is 9.84 Å². The Kier molecular flexibility index (Phi) is 4.40. The summed E-state index contributed by atoms with van der Waals surface area (Å²) in [6.45, 7) is 0.558. The summed E-state index contributed by atoms with van der Waals surface area (Å²) in [5, 5.41) is 9.16. The Balaban J connectivity index is 1.72. The number of aliphatic hydroxyl groups excluding tert-OH is 1. The first-order chi connectivity index (χ1) is 10.7. The van der Waals surface area contributed by atoms with E-state index in [0.717, 1.165) is 10.2 Å². The Morgan fingerprint density at radius 2 is 2.23 bits per heavy atom. The van der Waals surface area contributed by atoms with Crippen molar-refractivity contribution in [2.75, 3.05) is 18.1 Å². The number of benzene rings is 1. The molecule has 0 spiro atoms. The van der Waals surface area contributed by atoms with Crippen LogP contribution in [-0.2, 0) is 4.79 Å². The van der Waals surface area contributed by atoms with Crippen LogP contribution in [0.5, 0.6) is 11.6 Å². The standard InChI is InChI=1S/C16H15BrN2O3/c17-12-2-1-3-14(7-12)22-15-5-4-13(8-18-15)19-9-11(10-20)6-16(19)21/h1-5,7-8,11,20H,6,9-10H2. The van der Waals surface area contributed by atoms with Crippen molar-refractivity contribution in [3.63, 3.8) is 0 Å². The molecule has 22 heavy (non-hydrogen) atoms. The summed E-state index contributed by atoms with van der Waals surface area (Å²) in [6.07, 6.45) is 2.00. The van der Waals surface area contributed by atoms with Crippen LogP contribution in [-0.4, -0.2) is 29.1 Å². The number of hydrogen-bond acceptors (Lipinski definition) is 4. The summed E-state index contributed by atoms with van der Waals surface area (Å²) in [5.74, 6) is 1.17. The third-order valence-corrected chi connectivity index (χ3v) is 4.01. The van der Waals surface area contributed by atoms with Gasteiger partial charge in [-0.3, -0.25) is 4.79 Å². The Hall–Kier alpha value is -1.92. The zero-order chi connectivity index (χ0) is 15.5. The number of halogens is 1. The number of pyridine rings is 1. The van der Waals surface area contributed by atoms with Gasteiger partial charge in [0.2, 0.25) is 11.8 Å². The van der Waals surface area contributed by atoms with Crippen LogP contribution in [0.25, 0.3) is 0 Å². The van der Waals surface area contributed by atoms with Gasteiger partial charge in [-0.2, -0.15) is 0 Å². The van der Waals surface area contributed by atoms with Gasteiger partial charge < -0.3 is 14.7 Å². The molecule has 0 saturated carbocycles. The lowest BCUT2D eigenvalue weighted by atomic mass is 10.1. The Morgan fingerprint density at radius 3 is 2.86 bits per heavy atom. The number of carbonyl (C=O) groups excluding carboxylic acids is 1. The zero-order valence-corrected chi connectivity index (χ0v) is 13.4. The first-order valence-electron chi connectivity index (χ1n) is 6.96. The van der Waals surface area contributed by atoms with E-state index in [1.165, 1.54) is 0 Å². The molecule has 6 heteroatoms. The molecule has 0 aliphatic carbocycles. The normalized spacial score (nSPS) is 17.8. The molecule has 2 aromatic rings. The number of rotatable bonds is 4. The summed E-state index contributed by atoms with van der Waals surface area (Å²) in [4.78, 5) is 17.8. The monoisotopic (exact) mass is 362 g/mol. The Morgan fingerprint density at radius 1 is 1.36 bits per heavy atom. The first-order valence-corrected chi connectivity index (χ1v) is 7.75. The van der Waals surface area contributed by atoms with Crippen molar-refractivity contribution < 1.29 is 14.6 Å². The molecule has 1 aromatic heterocycles. The molecule has 0 bridgehead atoms. The summed E-state index contributed by atoms with van der Waals surface area (Å²) in [6, 6.07) is 11.0. The molecular weight excluding hydrogens is 348 g/mol. The molecule has 0 radical (unpaired) electrons. The van der Waals surface area contributed by atoms with E-state index in [2.05, 4.69) is 20.9 Å². The van der Waals surface area contributed by atoms with E-state index in [1.54, 1.807) is 23.2 Å². The number of carbonyl (C=O) groups is 1. The minimum absolute atomic E-state index is 0.00472. The molecule has 5 nitrogen and oxygen atoms in total. The van der Waals surface area contributed by atoms with Gasteiger partial charge in [0.05, 0.1) is 11.9 Å². The van der Waals surface area contributed by atoms with E-state index in [-0.39, 0.29) is 18.4 Å². The molecule has 1 fully saturated rings. The fraction of sp³-hybridized carbons (Fsp3) is 0.250. The maximum Gasteiger partial charge on any atom is 0.227 e. The second-order valence-electron chi connectivity index (χ2n) is 5.17. The lowest BCUT2D eigenvalue weighted by molar-refractivity contribution is -0.117. The number of hydrogen-bond donors (Lipinski definition) is 1. The smallest absolute Gasteiger partial charge is 0.227 e. The van der Waals surface area contributed by atoms with Gasteiger partial charge in [-0.25, -0.2) is 4.98 Å². The van der Waals surface area contributed by atoms with E-state index >= 15 is 0 Å². The van der Waals surface area contributed by atoms with Crippen molar-refractivity contribution in [2.45, 2.75) is 6.42 Å². The molecule has 1 aliphatic heterocycles. The quantitative estimate of drug-likeness (QED) is 0.907. The zero-order valence-electron chi connectivity index (χ0n) is 11.8. The maximum atomic E-state index is 11.9. The molecule has 3 rings (SSSR count). The van der Waals surface area contributed by atoms with E-state index in [9.17, 15) is 4.79 Å². The second-order valence-corrected chi connectivity index (χ2v) is 6.09. The molecule has 1 aromatic carbocycles. The van der Waals surface area contributed by atoms with Gasteiger partial charge in [0.15, 0.2) is 0 Å². The van der Waals surface area contributed by atoms with Gasteiger partial charge in [0.1, 0.15) is 5.75 Å². The highest BCUT2D eigenvalue weighted by Crippen LogP contribution is 2.27. The van der Waals surface area contributed by atoms with Crippen LogP contribution in [0.4, 0.5) is 5.69 Å². The van der Waals surface area contributed by atoms with Crippen LogP contribution in [0, 0.1) is 5.92 Å². The number of ether oxygens (including phenoxy) is 1. The third-order valence-electron chi connectivity index (χ3n) is 3.51. The molecule has 1 amide bonds. The average Bonchev–Trinajstić information content (AvgIpc) is 2.89. The lowest BCUT2D eigenvalue weighted by Crippen LogP contribution is -2.24. The van der Waals surface area contributed by atoms with E-state index < -0.39 is 0 Å². The summed E-state index contributed by atoms with van der Waals surface area (Å²) >= 11 is 3.39. The largest absolute Gasteiger partial charge is 0.439 e. The van der Waals surface area contributed by atoms with Gasteiger partial charge in [-0.05, 0) is 24.3 Å². The van der Waals surface area contributed by atoms with Crippen LogP contribution in [0.3, 0.4) is 0 Å². The lowest BCUT2D eigenvalue weighted by Gasteiger charge is -2.16. The second kappa shape index (κ2) is 6.46. The SMILES string of the molecule is O=C1CC(CO)CN1c1ccc(Oc2cccc(Br)c2)nc1. The highest BCUT2D eigenvalue weighted by atomic mass is 79.9. The van der Waals surface area contributed by atoms with Crippen molar-refractivity contribution in [1.82, 2.24) is 4.98 Å². The van der Waals surface area contributed by atoms with Crippen molar-refractivity contribution in [2.24, 2.45) is 5.92 Å². The molecule has 1 aliphatic rings. The van der Waals surface area contributed by atoms with Gasteiger partial charge in [-0.15, -0.1) is 0 Å². The average molecular weight is 363 g/mol. The molecule has 114 valence electrons. The number of aliphatic hydroxyl groups is 1. The van der Waals surface area contributed by atoms with Crippen molar-refractivity contribution in [3.05, 3.63) is 47.1 Å². The fourth-order valence-electron chi connectivity index (χ4n) is 2.40. The minimum atomic E-state index is 0.00472. The van der Waals surface area contributed by atoms with Crippen LogP contribution in [0.15, 0.2) is 47.1 Å². The first kappa shape index (κ1) is 15.0. The van der Waals surface area contributed by atoms with E-state index in [1.807, 2.05) is 24.3 Å². The number of aromatic nitrogens is 1. The summed E-state index contributed by atoms with van der Waals surface area (Å²) < 4.78 is 6.59. The van der Waals surface area contributed by atoms with Crippen LogP contribution >= 0.6 is 15.9 Å². The van der Waals surface area contributed by atoms with Crippen LogP contribution < -0.4 is 9.64 Å². The molecule has 1 saturated heterocycles. The molecule has 1 N–H and O–H groups in total. The Labute approximate surface area is 136 Å². The summed E-state index contributed by atoms with van der Waals surface area (Å²) in [5.41, 5.74) is 0.725. The minimum Gasteiger partial charge on any atom is -0.439 e. The topological polar surface area (TPSA) is 62.7 Å². The number of amides is 1. The predicted molar refractivity (Wildman–Crippen MR) is 86.0 cm³/mol.